The molecule has 1 aliphatic rings. The van der Waals surface area contributed by atoms with Gasteiger partial charge < -0.3 is 10.1 Å². The van der Waals surface area contributed by atoms with Crippen molar-refractivity contribution in [2.24, 2.45) is 0 Å². The molecule has 0 fully saturated rings. The Labute approximate surface area is 102 Å². The number of carboxylic acid groups (broad SMARTS) is 1. The third kappa shape index (κ3) is 1.68. The predicted molar refractivity (Wildman–Crippen MR) is 62.7 cm³/mol. The number of hydrogen-bond acceptors (Lipinski definition) is 2. The van der Waals surface area contributed by atoms with Gasteiger partial charge in [-0.3, -0.25) is 4.79 Å². The number of H-pyrrole nitrogens is 1. The molecule has 0 saturated carbocycles. The van der Waals surface area contributed by atoms with E-state index in [9.17, 15) is 9.18 Å². The number of fused-ring (bicyclic) bond motifs is 1. The van der Waals surface area contributed by atoms with Crippen LogP contribution in [0, 0.1) is 5.82 Å². The number of imidazole rings is 1. The smallest absolute Gasteiger partial charge is 0.312 e. The van der Waals surface area contributed by atoms with E-state index < -0.39 is 11.9 Å². The molecule has 0 saturated heterocycles. The highest BCUT2D eigenvalue weighted by Crippen LogP contribution is 2.33. The summed E-state index contributed by atoms with van der Waals surface area (Å²) in [6.45, 7) is 0. The first-order valence-electron chi connectivity index (χ1n) is 5.72. The van der Waals surface area contributed by atoms with Crippen LogP contribution in [0.15, 0.2) is 24.3 Å². The highest BCUT2D eigenvalue weighted by Gasteiger charge is 2.32. The minimum Gasteiger partial charge on any atom is -0.481 e. The Balaban J connectivity index is 2.02. The minimum absolute atomic E-state index is 0.334. The second-order valence-corrected chi connectivity index (χ2v) is 4.39. The number of nitrogens with zero attached hydrogens (tertiary/aromatic N) is 1. The maximum absolute atomic E-state index is 13.1. The summed E-state index contributed by atoms with van der Waals surface area (Å²) in [5, 5.41) is 9.07. The SMILES string of the molecule is O=C(O)C1CCc2[nH]c(-c3cccc(F)c3)nc21. The van der Waals surface area contributed by atoms with Crippen LogP contribution in [-0.2, 0) is 11.2 Å². The number of aromatic amines is 1. The number of benzene rings is 1. The molecule has 1 atom stereocenters. The van der Waals surface area contributed by atoms with Crippen molar-refractivity contribution in [2.45, 2.75) is 18.8 Å². The summed E-state index contributed by atoms with van der Waals surface area (Å²) in [5.41, 5.74) is 2.07. The van der Waals surface area contributed by atoms with Crippen molar-refractivity contribution in [3.8, 4) is 11.4 Å². The largest absolute Gasteiger partial charge is 0.481 e. The Morgan fingerprint density at radius 2 is 2.33 bits per heavy atom. The van der Waals surface area contributed by atoms with Gasteiger partial charge in [0.1, 0.15) is 17.6 Å². The minimum atomic E-state index is -0.856. The lowest BCUT2D eigenvalue weighted by atomic mass is 10.1. The molecule has 0 bridgehead atoms. The zero-order valence-electron chi connectivity index (χ0n) is 9.48. The molecule has 1 aromatic carbocycles. The molecule has 92 valence electrons. The number of halogens is 1. The van der Waals surface area contributed by atoms with Gasteiger partial charge in [0, 0.05) is 11.3 Å². The summed E-state index contributed by atoms with van der Waals surface area (Å²) in [5.74, 6) is -1.20. The molecule has 3 rings (SSSR count). The molecule has 1 heterocycles. The molecular formula is C13H11FN2O2. The van der Waals surface area contributed by atoms with Crippen LogP contribution in [0.1, 0.15) is 23.7 Å². The average molecular weight is 246 g/mol. The molecule has 18 heavy (non-hydrogen) atoms. The number of carboxylic acids is 1. The first-order chi connectivity index (χ1) is 8.65. The van der Waals surface area contributed by atoms with Crippen LogP contribution >= 0.6 is 0 Å². The van der Waals surface area contributed by atoms with Gasteiger partial charge in [-0.25, -0.2) is 9.37 Å². The molecule has 4 nitrogen and oxygen atoms in total. The lowest BCUT2D eigenvalue weighted by Gasteiger charge is -2.01. The Morgan fingerprint density at radius 1 is 1.50 bits per heavy atom. The number of hydrogen-bond donors (Lipinski definition) is 2. The van der Waals surface area contributed by atoms with Crippen molar-refractivity contribution in [3.63, 3.8) is 0 Å². The zero-order chi connectivity index (χ0) is 12.7. The van der Waals surface area contributed by atoms with Gasteiger partial charge in [0.25, 0.3) is 0 Å². The quantitative estimate of drug-likeness (QED) is 0.854. The van der Waals surface area contributed by atoms with Crippen LogP contribution in [0.5, 0.6) is 0 Å². The van der Waals surface area contributed by atoms with E-state index in [1.807, 2.05) is 0 Å². The standard InChI is InChI=1S/C13H11FN2O2/c14-8-3-1-2-7(6-8)12-15-10-5-4-9(13(17)18)11(10)16-12/h1-3,6,9H,4-5H2,(H,15,16)(H,17,18). The van der Waals surface area contributed by atoms with Crippen LogP contribution in [0.3, 0.4) is 0 Å². The Bertz CT molecular complexity index is 621. The van der Waals surface area contributed by atoms with Crippen molar-refractivity contribution in [3.05, 3.63) is 41.5 Å². The number of carbonyl (C=O) groups is 1. The molecule has 0 radical (unpaired) electrons. The van der Waals surface area contributed by atoms with E-state index in [1.54, 1.807) is 12.1 Å². The summed E-state index contributed by atoms with van der Waals surface area (Å²) < 4.78 is 13.1. The maximum Gasteiger partial charge on any atom is 0.312 e. The van der Waals surface area contributed by atoms with Crippen molar-refractivity contribution in [1.29, 1.82) is 0 Å². The van der Waals surface area contributed by atoms with Gasteiger partial charge in [-0.1, -0.05) is 12.1 Å². The van der Waals surface area contributed by atoms with Crippen molar-refractivity contribution < 1.29 is 14.3 Å². The van der Waals surface area contributed by atoms with E-state index in [4.69, 9.17) is 5.11 Å². The normalized spacial score (nSPS) is 17.7. The summed E-state index contributed by atoms with van der Waals surface area (Å²) in [6.07, 6.45) is 1.25. The van der Waals surface area contributed by atoms with Gasteiger partial charge in [-0.15, -0.1) is 0 Å². The second kappa shape index (κ2) is 3.94. The zero-order valence-corrected chi connectivity index (χ0v) is 9.48. The molecule has 2 aromatic rings. The lowest BCUT2D eigenvalue weighted by molar-refractivity contribution is -0.138. The molecular weight excluding hydrogens is 235 g/mol. The van der Waals surface area contributed by atoms with Gasteiger partial charge in [0.15, 0.2) is 0 Å². The first-order valence-corrected chi connectivity index (χ1v) is 5.72. The van der Waals surface area contributed by atoms with Gasteiger partial charge in [-0.05, 0) is 25.0 Å². The first kappa shape index (κ1) is 11.0. The van der Waals surface area contributed by atoms with Crippen molar-refractivity contribution in [1.82, 2.24) is 9.97 Å². The Kier molecular flexibility index (Phi) is 2.40. The fourth-order valence-electron chi connectivity index (χ4n) is 2.34. The van der Waals surface area contributed by atoms with Gasteiger partial charge in [0.05, 0.1) is 5.69 Å². The summed E-state index contributed by atoms with van der Waals surface area (Å²) >= 11 is 0. The molecule has 2 N–H and O–H groups in total. The fraction of sp³-hybridized carbons (Fsp3) is 0.231. The molecule has 5 heteroatoms. The maximum atomic E-state index is 13.1. The average Bonchev–Trinajstić information content (AvgIpc) is 2.87. The Morgan fingerprint density at radius 3 is 3.06 bits per heavy atom. The third-order valence-electron chi connectivity index (χ3n) is 3.22. The Hall–Kier alpha value is -2.17. The van der Waals surface area contributed by atoms with E-state index >= 15 is 0 Å². The van der Waals surface area contributed by atoms with Crippen molar-refractivity contribution >= 4 is 5.97 Å². The molecule has 1 aromatic heterocycles. The van der Waals surface area contributed by atoms with Crippen LogP contribution in [-0.4, -0.2) is 21.0 Å². The monoisotopic (exact) mass is 246 g/mol. The highest BCUT2D eigenvalue weighted by atomic mass is 19.1. The second-order valence-electron chi connectivity index (χ2n) is 4.39. The van der Waals surface area contributed by atoms with E-state index in [0.717, 1.165) is 5.69 Å². The topological polar surface area (TPSA) is 66.0 Å². The van der Waals surface area contributed by atoms with E-state index in [-0.39, 0.29) is 5.82 Å². The predicted octanol–water partition coefficient (Wildman–Crippen LogP) is 2.33. The number of aliphatic carboxylic acids is 1. The van der Waals surface area contributed by atoms with Crippen LogP contribution in [0.2, 0.25) is 0 Å². The van der Waals surface area contributed by atoms with Crippen LogP contribution < -0.4 is 0 Å². The number of rotatable bonds is 2. The van der Waals surface area contributed by atoms with E-state index in [0.29, 0.717) is 29.9 Å². The fourth-order valence-corrected chi connectivity index (χ4v) is 2.34. The van der Waals surface area contributed by atoms with Crippen LogP contribution in [0.4, 0.5) is 4.39 Å². The molecule has 0 amide bonds. The lowest BCUT2D eigenvalue weighted by Crippen LogP contribution is -2.08. The molecule has 1 unspecified atom stereocenters. The number of nitrogens with one attached hydrogen (secondary N) is 1. The van der Waals surface area contributed by atoms with Gasteiger partial charge in [0.2, 0.25) is 0 Å². The van der Waals surface area contributed by atoms with Crippen LogP contribution in [0.25, 0.3) is 11.4 Å². The number of aromatic nitrogens is 2. The van der Waals surface area contributed by atoms with E-state index in [2.05, 4.69) is 9.97 Å². The number of aryl methyl sites for hydroxylation is 1. The highest BCUT2D eigenvalue weighted by molar-refractivity contribution is 5.77. The summed E-state index contributed by atoms with van der Waals surface area (Å²) in [6, 6.07) is 6.09. The third-order valence-corrected chi connectivity index (χ3v) is 3.22. The van der Waals surface area contributed by atoms with E-state index in [1.165, 1.54) is 12.1 Å². The summed E-state index contributed by atoms with van der Waals surface area (Å²) in [4.78, 5) is 18.4. The van der Waals surface area contributed by atoms with Gasteiger partial charge in [-0.2, -0.15) is 0 Å². The molecule has 0 aliphatic heterocycles. The molecule has 1 aliphatic carbocycles. The molecule has 0 spiro atoms. The van der Waals surface area contributed by atoms with Gasteiger partial charge >= 0.3 is 5.97 Å². The van der Waals surface area contributed by atoms with Crippen molar-refractivity contribution in [2.75, 3.05) is 0 Å². The summed E-state index contributed by atoms with van der Waals surface area (Å²) in [7, 11) is 0.